The molecule has 156 valence electrons. The van der Waals surface area contributed by atoms with Crippen molar-refractivity contribution >= 4 is 21.6 Å². The van der Waals surface area contributed by atoms with Crippen LogP contribution in [0.15, 0.2) is 59.5 Å². The summed E-state index contributed by atoms with van der Waals surface area (Å²) in [5.41, 5.74) is 0.529. The lowest BCUT2D eigenvalue weighted by Gasteiger charge is -2.26. The summed E-state index contributed by atoms with van der Waals surface area (Å²) in [5.74, 6) is -0.241. The number of benzene rings is 2. The lowest BCUT2D eigenvalue weighted by molar-refractivity contribution is -0.385. The summed E-state index contributed by atoms with van der Waals surface area (Å²) >= 11 is 0. The van der Waals surface area contributed by atoms with Gasteiger partial charge in [-0.25, -0.2) is 13.1 Å². The van der Waals surface area contributed by atoms with Crippen LogP contribution in [-0.2, 0) is 14.8 Å². The molecule has 0 fully saturated rings. The number of amides is 1. The van der Waals surface area contributed by atoms with E-state index in [9.17, 15) is 23.3 Å². The zero-order valence-electron chi connectivity index (χ0n) is 16.2. The molecule has 2 aromatic carbocycles. The van der Waals surface area contributed by atoms with Crippen LogP contribution in [0, 0.1) is 10.1 Å². The first kappa shape index (κ1) is 22.5. The number of sulfonamides is 1. The zero-order valence-corrected chi connectivity index (χ0v) is 17.1. The number of rotatable bonds is 10. The van der Waals surface area contributed by atoms with Crippen LogP contribution in [0.2, 0.25) is 0 Å². The molecule has 0 heterocycles. The molecule has 1 amide bonds. The van der Waals surface area contributed by atoms with Gasteiger partial charge in [0.15, 0.2) is 0 Å². The van der Waals surface area contributed by atoms with Gasteiger partial charge in [-0.3, -0.25) is 19.8 Å². The minimum absolute atomic E-state index is 0.0475. The minimum atomic E-state index is -3.92. The summed E-state index contributed by atoms with van der Waals surface area (Å²) in [7, 11) is -2.09. The maximum Gasteiger partial charge on any atom is 0.270 e. The van der Waals surface area contributed by atoms with E-state index >= 15 is 0 Å². The molecule has 0 radical (unpaired) electrons. The Morgan fingerprint density at radius 2 is 1.83 bits per heavy atom. The molecule has 1 unspecified atom stereocenters. The van der Waals surface area contributed by atoms with Crippen molar-refractivity contribution < 1.29 is 18.1 Å². The normalized spacial score (nSPS) is 12.5. The number of non-ortho nitro benzene ring substituents is 1. The standard InChI is InChI=1S/C19H24N4O5S/c1-3-22(2)18(15-8-5-4-6-9-15)19(24)20-12-13-21-29(27,28)17-11-7-10-16(14-17)23(25)26/h4-11,14,18,21H,3,12-13H2,1-2H3,(H,20,24). The van der Waals surface area contributed by atoms with E-state index in [-0.39, 0.29) is 29.6 Å². The van der Waals surface area contributed by atoms with Crippen LogP contribution < -0.4 is 10.0 Å². The van der Waals surface area contributed by atoms with Crippen molar-refractivity contribution in [1.29, 1.82) is 0 Å². The van der Waals surface area contributed by atoms with Crippen molar-refractivity contribution in [3.8, 4) is 0 Å². The fourth-order valence-electron chi connectivity index (χ4n) is 2.74. The highest BCUT2D eigenvalue weighted by molar-refractivity contribution is 7.89. The topological polar surface area (TPSA) is 122 Å². The molecule has 0 spiro atoms. The number of nitrogens with zero attached hydrogens (tertiary/aromatic N) is 2. The molecule has 0 saturated heterocycles. The third kappa shape index (κ3) is 6.08. The van der Waals surface area contributed by atoms with Crippen LogP contribution in [0.5, 0.6) is 0 Å². The number of hydrogen-bond acceptors (Lipinski definition) is 6. The summed E-state index contributed by atoms with van der Waals surface area (Å²) in [5, 5.41) is 13.5. The number of carbonyl (C=O) groups is 1. The van der Waals surface area contributed by atoms with Crippen LogP contribution in [0.25, 0.3) is 0 Å². The van der Waals surface area contributed by atoms with E-state index in [2.05, 4.69) is 10.0 Å². The van der Waals surface area contributed by atoms with Gasteiger partial charge < -0.3 is 5.32 Å². The van der Waals surface area contributed by atoms with Crippen molar-refractivity contribution in [3.05, 3.63) is 70.3 Å². The Balaban J connectivity index is 1.97. The minimum Gasteiger partial charge on any atom is -0.353 e. The van der Waals surface area contributed by atoms with E-state index in [1.807, 2.05) is 49.2 Å². The molecule has 29 heavy (non-hydrogen) atoms. The lowest BCUT2D eigenvalue weighted by Crippen LogP contribution is -2.41. The summed E-state index contributed by atoms with van der Waals surface area (Å²) in [4.78, 5) is 24.5. The highest BCUT2D eigenvalue weighted by Gasteiger charge is 2.24. The fourth-order valence-corrected chi connectivity index (χ4v) is 3.81. The van der Waals surface area contributed by atoms with Crippen molar-refractivity contribution in [2.24, 2.45) is 0 Å². The Hall–Kier alpha value is -2.82. The molecular formula is C19H24N4O5S. The van der Waals surface area contributed by atoms with E-state index in [0.717, 1.165) is 11.6 Å². The number of likely N-dealkylation sites (N-methyl/N-ethyl adjacent to an activating group) is 1. The largest absolute Gasteiger partial charge is 0.353 e. The first-order valence-electron chi connectivity index (χ1n) is 9.03. The monoisotopic (exact) mass is 420 g/mol. The van der Waals surface area contributed by atoms with Gasteiger partial charge >= 0.3 is 0 Å². The Morgan fingerprint density at radius 1 is 1.14 bits per heavy atom. The van der Waals surface area contributed by atoms with Gasteiger partial charge in [0.05, 0.1) is 9.82 Å². The third-order valence-corrected chi connectivity index (χ3v) is 5.82. The fraction of sp³-hybridized carbons (Fsp3) is 0.316. The highest BCUT2D eigenvalue weighted by Crippen LogP contribution is 2.19. The van der Waals surface area contributed by atoms with Crippen LogP contribution in [0.1, 0.15) is 18.5 Å². The molecule has 0 aliphatic rings. The van der Waals surface area contributed by atoms with E-state index in [4.69, 9.17) is 0 Å². The first-order chi connectivity index (χ1) is 13.8. The van der Waals surface area contributed by atoms with Gasteiger partial charge in [0, 0.05) is 25.2 Å². The van der Waals surface area contributed by atoms with Crippen molar-refractivity contribution in [1.82, 2.24) is 14.9 Å². The first-order valence-corrected chi connectivity index (χ1v) is 10.5. The molecule has 2 N–H and O–H groups in total. The van der Waals surface area contributed by atoms with Crippen molar-refractivity contribution in [2.45, 2.75) is 17.9 Å². The van der Waals surface area contributed by atoms with Crippen LogP contribution in [-0.4, -0.2) is 50.8 Å². The Bertz CT molecular complexity index is 950. The number of nitro groups is 1. The van der Waals surface area contributed by atoms with Gasteiger partial charge in [-0.2, -0.15) is 0 Å². The summed E-state index contributed by atoms with van der Waals surface area (Å²) in [6, 6.07) is 13.6. The molecule has 1 atom stereocenters. The summed E-state index contributed by atoms with van der Waals surface area (Å²) in [6.45, 7) is 2.63. The predicted molar refractivity (Wildman–Crippen MR) is 109 cm³/mol. The Morgan fingerprint density at radius 3 is 2.45 bits per heavy atom. The van der Waals surface area contributed by atoms with Gasteiger partial charge in [0.1, 0.15) is 6.04 Å². The molecule has 0 bridgehead atoms. The third-order valence-electron chi connectivity index (χ3n) is 4.36. The average Bonchev–Trinajstić information content (AvgIpc) is 2.72. The zero-order chi connectivity index (χ0) is 21.4. The second-order valence-corrected chi connectivity index (χ2v) is 8.10. The molecule has 10 heteroatoms. The van der Waals surface area contributed by atoms with Crippen molar-refractivity contribution in [3.63, 3.8) is 0 Å². The molecule has 9 nitrogen and oxygen atoms in total. The number of nitro benzene ring substituents is 1. The van der Waals surface area contributed by atoms with Crippen LogP contribution in [0.3, 0.4) is 0 Å². The SMILES string of the molecule is CCN(C)C(C(=O)NCCNS(=O)(=O)c1cccc([N+](=O)[O-])c1)c1ccccc1. The second-order valence-electron chi connectivity index (χ2n) is 6.33. The molecule has 2 rings (SSSR count). The second kappa shape index (κ2) is 10.1. The van der Waals surface area contributed by atoms with E-state index in [1.165, 1.54) is 18.2 Å². The summed E-state index contributed by atoms with van der Waals surface area (Å²) < 4.78 is 27.0. The van der Waals surface area contributed by atoms with E-state index in [1.54, 1.807) is 0 Å². The Labute approximate surface area is 169 Å². The van der Waals surface area contributed by atoms with Crippen molar-refractivity contribution in [2.75, 3.05) is 26.7 Å². The Kier molecular flexibility index (Phi) is 7.82. The lowest BCUT2D eigenvalue weighted by atomic mass is 10.0. The van der Waals surface area contributed by atoms with E-state index < -0.39 is 21.0 Å². The van der Waals surface area contributed by atoms with E-state index in [0.29, 0.717) is 6.54 Å². The smallest absolute Gasteiger partial charge is 0.270 e. The quantitative estimate of drug-likeness (QED) is 0.343. The van der Waals surface area contributed by atoms with Crippen LogP contribution >= 0.6 is 0 Å². The molecule has 0 aliphatic carbocycles. The highest BCUT2D eigenvalue weighted by atomic mass is 32.2. The molecule has 2 aromatic rings. The molecule has 0 aromatic heterocycles. The average molecular weight is 420 g/mol. The summed E-state index contributed by atoms with van der Waals surface area (Å²) in [6.07, 6.45) is 0. The number of nitrogens with one attached hydrogen (secondary N) is 2. The van der Waals surface area contributed by atoms with Gasteiger partial charge in [-0.1, -0.05) is 43.3 Å². The number of carbonyl (C=O) groups excluding carboxylic acids is 1. The molecular weight excluding hydrogens is 396 g/mol. The van der Waals surface area contributed by atoms with Gasteiger partial charge in [-0.15, -0.1) is 0 Å². The van der Waals surface area contributed by atoms with Gasteiger partial charge in [0.25, 0.3) is 5.69 Å². The van der Waals surface area contributed by atoms with Crippen LogP contribution in [0.4, 0.5) is 5.69 Å². The maximum absolute atomic E-state index is 12.7. The predicted octanol–water partition coefficient (Wildman–Crippen LogP) is 1.68. The van der Waals surface area contributed by atoms with Gasteiger partial charge in [-0.05, 0) is 25.2 Å². The maximum atomic E-state index is 12.7. The molecule has 0 aliphatic heterocycles. The molecule has 0 saturated carbocycles. The number of hydrogen-bond donors (Lipinski definition) is 2. The van der Waals surface area contributed by atoms with Gasteiger partial charge in [0.2, 0.25) is 15.9 Å².